The second-order valence-electron chi connectivity index (χ2n) is 3.35. The topological polar surface area (TPSA) is 55.4 Å². The Hall–Kier alpha value is -0.710. The average molecular weight is 217 g/mol. The number of ether oxygens (including phenoxy) is 1. The fourth-order valence-corrected chi connectivity index (χ4v) is 2.32. The van der Waals surface area contributed by atoms with E-state index in [4.69, 9.17) is 0 Å². The molecular weight excluding hydrogens is 202 g/mol. The summed E-state index contributed by atoms with van der Waals surface area (Å²) in [5.74, 6) is 1.25. The molecule has 5 heteroatoms. The molecule has 0 aromatic carbocycles. The normalized spacial score (nSPS) is 28.6. The van der Waals surface area contributed by atoms with E-state index in [2.05, 4.69) is 10.1 Å². The Morgan fingerprint density at radius 1 is 1.64 bits per heavy atom. The summed E-state index contributed by atoms with van der Waals surface area (Å²) in [6.45, 7) is 1.86. The van der Waals surface area contributed by atoms with Crippen LogP contribution in [-0.4, -0.2) is 36.5 Å². The minimum Gasteiger partial charge on any atom is -0.467 e. The molecule has 0 aromatic heterocycles. The molecule has 0 unspecified atom stereocenters. The van der Waals surface area contributed by atoms with Gasteiger partial charge in [0.15, 0.2) is 0 Å². The third-order valence-corrected chi connectivity index (χ3v) is 3.43. The van der Waals surface area contributed by atoms with Crippen LogP contribution in [0.4, 0.5) is 0 Å². The molecular formula is C9H15NO3S. The summed E-state index contributed by atoms with van der Waals surface area (Å²) in [5, 5.41) is 2.69. The molecule has 0 aromatic rings. The van der Waals surface area contributed by atoms with E-state index in [9.17, 15) is 9.59 Å². The second-order valence-corrected chi connectivity index (χ2v) is 4.50. The average Bonchev–Trinajstić information content (AvgIpc) is 2.18. The number of esters is 1. The number of carbonyl (C=O) groups excluding carboxylic acids is 2. The van der Waals surface area contributed by atoms with Gasteiger partial charge in [0.1, 0.15) is 6.04 Å². The van der Waals surface area contributed by atoms with Crippen LogP contribution in [0, 0.1) is 5.92 Å². The molecule has 0 aliphatic carbocycles. The van der Waals surface area contributed by atoms with Gasteiger partial charge in [-0.1, -0.05) is 6.92 Å². The second kappa shape index (κ2) is 5.24. The summed E-state index contributed by atoms with van der Waals surface area (Å²) in [6, 6.07) is -0.470. The number of carbonyl (C=O) groups is 2. The number of thioether (sulfide) groups is 1. The lowest BCUT2D eigenvalue weighted by Crippen LogP contribution is -2.45. The molecule has 1 rings (SSSR count). The first kappa shape index (κ1) is 11.4. The van der Waals surface area contributed by atoms with Crippen LogP contribution in [-0.2, 0) is 14.3 Å². The highest BCUT2D eigenvalue weighted by molar-refractivity contribution is 7.99. The summed E-state index contributed by atoms with van der Waals surface area (Å²) in [6.07, 6.45) is 0.649. The van der Waals surface area contributed by atoms with Crippen LogP contribution in [0.1, 0.15) is 13.3 Å². The van der Waals surface area contributed by atoms with Gasteiger partial charge in [-0.2, -0.15) is 11.8 Å². The number of hydrogen-bond donors (Lipinski definition) is 1. The third-order valence-electron chi connectivity index (χ3n) is 2.17. The van der Waals surface area contributed by atoms with Gasteiger partial charge in [0.05, 0.1) is 7.11 Å². The molecule has 14 heavy (non-hydrogen) atoms. The van der Waals surface area contributed by atoms with Crippen molar-refractivity contribution >= 4 is 23.6 Å². The van der Waals surface area contributed by atoms with Crippen LogP contribution in [0.2, 0.25) is 0 Å². The van der Waals surface area contributed by atoms with Crippen LogP contribution < -0.4 is 5.32 Å². The van der Waals surface area contributed by atoms with Gasteiger partial charge in [-0.15, -0.1) is 0 Å². The van der Waals surface area contributed by atoms with Crippen LogP contribution >= 0.6 is 11.8 Å². The fourth-order valence-electron chi connectivity index (χ4n) is 1.24. The molecule has 1 fully saturated rings. The van der Waals surface area contributed by atoms with Gasteiger partial charge in [-0.3, -0.25) is 4.79 Å². The highest BCUT2D eigenvalue weighted by Gasteiger charge is 2.25. The van der Waals surface area contributed by atoms with Gasteiger partial charge in [0, 0.05) is 11.7 Å². The van der Waals surface area contributed by atoms with Crippen molar-refractivity contribution in [3.63, 3.8) is 0 Å². The van der Waals surface area contributed by atoms with Crippen molar-refractivity contribution in [2.24, 2.45) is 5.92 Å². The Morgan fingerprint density at radius 2 is 2.36 bits per heavy atom. The van der Waals surface area contributed by atoms with Crippen molar-refractivity contribution in [3.8, 4) is 0 Å². The van der Waals surface area contributed by atoms with Crippen LogP contribution in [0.15, 0.2) is 0 Å². The molecule has 1 N–H and O–H groups in total. The van der Waals surface area contributed by atoms with Gasteiger partial charge in [0.2, 0.25) is 5.91 Å². The number of hydrogen-bond acceptors (Lipinski definition) is 4. The first-order valence-electron chi connectivity index (χ1n) is 4.61. The summed E-state index contributed by atoms with van der Waals surface area (Å²) in [4.78, 5) is 22.7. The Morgan fingerprint density at radius 3 is 3.00 bits per heavy atom. The monoisotopic (exact) mass is 217 g/mol. The summed E-state index contributed by atoms with van der Waals surface area (Å²) in [7, 11) is 1.34. The van der Waals surface area contributed by atoms with Gasteiger partial charge >= 0.3 is 5.97 Å². The molecule has 0 spiro atoms. The van der Waals surface area contributed by atoms with E-state index in [0.29, 0.717) is 6.42 Å². The number of nitrogens with one attached hydrogen (secondary N) is 1. The summed E-state index contributed by atoms with van der Waals surface area (Å²) >= 11 is 1.70. The minimum atomic E-state index is -0.470. The van der Waals surface area contributed by atoms with E-state index in [1.807, 2.05) is 6.92 Å². The molecule has 1 aliphatic rings. The van der Waals surface area contributed by atoms with E-state index in [1.54, 1.807) is 11.8 Å². The predicted molar refractivity (Wildman–Crippen MR) is 55.1 cm³/mol. The zero-order chi connectivity index (χ0) is 10.6. The maximum absolute atomic E-state index is 11.5. The van der Waals surface area contributed by atoms with Crippen molar-refractivity contribution in [2.45, 2.75) is 19.4 Å². The molecule has 0 saturated carbocycles. The first-order valence-corrected chi connectivity index (χ1v) is 5.76. The summed E-state index contributed by atoms with van der Waals surface area (Å²) in [5.41, 5.74) is 0. The first-order chi connectivity index (χ1) is 6.65. The summed E-state index contributed by atoms with van der Waals surface area (Å²) < 4.78 is 4.61. The van der Waals surface area contributed by atoms with Gasteiger partial charge in [-0.05, 0) is 12.2 Å². The highest BCUT2D eigenvalue weighted by atomic mass is 32.2. The molecule has 1 amide bonds. The lowest BCUT2D eigenvalue weighted by molar-refractivity contribution is -0.145. The SMILES string of the molecule is COC(=O)[C@H]1CCSC[C@H](C)C(=O)N1. The zero-order valence-corrected chi connectivity index (χ0v) is 9.23. The van der Waals surface area contributed by atoms with Crippen molar-refractivity contribution in [2.75, 3.05) is 18.6 Å². The van der Waals surface area contributed by atoms with E-state index in [-0.39, 0.29) is 17.8 Å². The molecule has 1 heterocycles. The number of amides is 1. The van der Waals surface area contributed by atoms with E-state index in [1.165, 1.54) is 7.11 Å². The number of rotatable bonds is 1. The van der Waals surface area contributed by atoms with Gasteiger partial charge in [0.25, 0.3) is 0 Å². The molecule has 80 valence electrons. The maximum Gasteiger partial charge on any atom is 0.328 e. The zero-order valence-electron chi connectivity index (χ0n) is 8.41. The molecule has 2 atom stereocenters. The van der Waals surface area contributed by atoms with Crippen LogP contribution in [0.3, 0.4) is 0 Å². The van der Waals surface area contributed by atoms with E-state index >= 15 is 0 Å². The van der Waals surface area contributed by atoms with Crippen molar-refractivity contribution in [1.82, 2.24) is 5.32 Å². The number of methoxy groups -OCH3 is 1. The standard InChI is InChI=1S/C9H15NO3S/c1-6-5-14-4-3-7(9(12)13-2)10-8(6)11/h6-7H,3-5H2,1-2H3,(H,10,11)/t6-,7+/m0/s1. The van der Waals surface area contributed by atoms with E-state index in [0.717, 1.165) is 11.5 Å². The maximum atomic E-state index is 11.5. The Bertz CT molecular complexity index is 232. The lowest BCUT2D eigenvalue weighted by atomic mass is 10.1. The van der Waals surface area contributed by atoms with Crippen molar-refractivity contribution in [3.05, 3.63) is 0 Å². The molecule has 0 radical (unpaired) electrons. The quantitative estimate of drug-likeness (QED) is 0.647. The Kier molecular flexibility index (Phi) is 4.25. The Balaban J connectivity index is 2.59. The lowest BCUT2D eigenvalue weighted by Gasteiger charge is -2.22. The minimum absolute atomic E-state index is 0.0348. The van der Waals surface area contributed by atoms with E-state index < -0.39 is 6.04 Å². The van der Waals surface area contributed by atoms with Crippen LogP contribution in [0.25, 0.3) is 0 Å². The van der Waals surface area contributed by atoms with Gasteiger partial charge in [-0.25, -0.2) is 4.79 Å². The fraction of sp³-hybridized carbons (Fsp3) is 0.778. The molecule has 1 aliphatic heterocycles. The van der Waals surface area contributed by atoms with Crippen LogP contribution in [0.5, 0.6) is 0 Å². The molecule has 0 bridgehead atoms. The van der Waals surface area contributed by atoms with Gasteiger partial charge < -0.3 is 10.1 Å². The van der Waals surface area contributed by atoms with Crippen molar-refractivity contribution < 1.29 is 14.3 Å². The molecule has 1 saturated heterocycles. The molecule has 4 nitrogen and oxygen atoms in total. The van der Waals surface area contributed by atoms with Crippen molar-refractivity contribution in [1.29, 1.82) is 0 Å². The largest absolute Gasteiger partial charge is 0.467 e. The Labute approximate surface area is 87.8 Å². The third kappa shape index (κ3) is 2.90. The smallest absolute Gasteiger partial charge is 0.328 e. The highest BCUT2D eigenvalue weighted by Crippen LogP contribution is 2.15. The predicted octanol–water partition coefficient (Wildman–Crippen LogP) is 0.417.